The number of nitrogens with zero attached hydrogens (tertiary/aromatic N) is 1. The highest BCUT2D eigenvalue weighted by Gasteiger charge is 2.16. The largest absolute Gasteiger partial charge is 0.277 e. The van der Waals surface area contributed by atoms with E-state index in [-0.39, 0.29) is 15.6 Å². The first-order valence-corrected chi connectivity index (χ1v) is 7.26. The molecule has 20 heavy (non-hydrogen) atoms. The molecule has 4 nitrogen and oxygen atoms in total. The zero-order chi connectivity index (χ0) is 14.8. The monoisotopic (exact) mass is 310 g/mol. The number of anilines is 1. The zero-order valence-corrected chi connectivity index (χ0v) is 11.5. The highest BCUT2D eigenvalue weighted by atomic mass is 35.5. The zero-order valence-electron chi connectivity index (χ0n) is 9.97. The Hall–Kier alpha value is -2.10. The van der Waals surface area contributed by atoms with Crippen molar-refractivity contribution < 1.29 is 12.8 Å². The molecule has 7 heteroatoms. The second kappa shape index (κ2) is 5.49. The maximum Gasteiger partial charge on any atom is 0.261 e. The predicted octanol–water partition coefficient (Wildman–Crippen LogP) is 3.15. The number of nitrogens with one attached hydrogen (secondary N) is 1. The maximum atomic E-state index is 13.5. The van der Waals surface area contributed by atoms with Crippen LogP contribution in [-0.4, -0.2) is 8.42 Å². The lowest BCUT2D eigenvalue weighted by Crippen LogP contribution is -2.13. The summed E-state index contributed by atoms with van der Waals surface area (Å²) >= 11 is 5.69. The SMILES string of the molecule is N#Cc1ccc(S(=O)(=O)Nc2cc(Cl)ccc2F)cc1. The van der Waals surface area contributed by atoms with E-state index in [1.54, 1.807) is 0 Å². The van der Waals surface area contributed by atoms with Crippen molar-refractivity contribution in [2.75, 3.05) is 4.72 Å². The van der Waals surface area contributed by atoms with Gasteiger partial charge in [-0.05, 0) is 42.5 Å². The fraction of sp³-hybridized carbons (Fsp3) is 0. The van der Waals surface area contributed by atoms with Crippen LogP contribution >= 0.6 is 11.6 Å². The molecule has 2 aromatic rings. The van der Waals surface area contributed by atoms with Crippen molar-refractivity contribution in [3.8, 4) is 6.07 Å². The van der Waals surface area contributed by atoms with Crippen molar-refractivity contribution in [2.24, 2.45) is 0 Å². The van der Waals surface area contributed by atoms with Crippen LogP contribution in [0.2, 0.25) is 5.02 Å². The Labute approximate surface area is 120 Å². The number of halogens is 2. The Balaban J connectivity index is 2.35. The average molecular weight is 311 g/mol. The average Bonchev–Trinajstić information content (AvgIpc) is 2.43. The Morgan fingerprint density at radius 1 is 1.15 bits per heavy atom. The molecule has 0 aliphatic rings. The van der Waals surface area contributed by atoms with Crippen LogP contribution in [0.3, 0.4) is 0 Å². The normalized spacial score (nSPS) is 10.8. The van der Waals surface area contributed by atoms with Gasteiger partial charge in [-0.25, -0.2) is 12.8 Å². The van der Waals surface area contributed by atoms with Crippen LogP contribution in [0.4, 0.5) is 10.1 Å². The van der Waals surface area contributed by atoms with Gasteiger partial charge in [-0.1, -0.05) is 11.6 Å². The van der Waals surface area contributed by atoms with Crippen LogP contribution in [0, 0.1) is 17.1 Å². The molecule has 0 amide bonds. The second-order valence-electron chi connectivity index (χ2n) is 3.87. The molecule has 0 heterocycles. The molecule has 0 bridgehead atoms. The van der Waals surface area contributed by atoms with Gasteiger partial charge in [0.1, 0.15) is 5.82 Å². The standard InChI is InChI=1S/C13H8ClFN2O2S/c14-10-3-6-12(15)13(7-10)17-20(18,19)11-4-1-9(8-16)2-5-11/h1-7,17H. The first-order chi connectivity index (χ1) is 9.42. The van der Waals surface area contributed by atoms with Gasteiger partial charge in [-0.2, -0.15) is 5.26 Å². The molecule has 0 atom stereocenters. The number of hydrogen-bond acceptors (Lipinski definition) is 3. The fourth-order valence-electron chi connectivity index (χ4n) is 1.49. The molecule has 0 spiro atoms. The van der Waals surface area contributed by atoms with Crippen LogP contribution in [0.1, 0.15) is 5.56 Å². The van der Waals surface area contributed by atoms with Gasteiger partial charge in [-0.15, -0.1) is 0 Å². The fourth-order valence-corrected chi connectivity index (χ4v) is 2.72. The summed E-state index contributed by atoms with van der Waals surface area (Å²) in [6.45, 7) is 0. The molecule has 1 N–H and O–H groups in total. The lowest BCUT2D eigenvalue weighted by atomic mass is 10.2. The minimum Gasteiger partial charge on any atom is -0.277 e. The van der Waals surface area contributed by atoms with Gasteiger partial charge in [0.15, 0.2) is 0 Å². The molecule has 0 fully saturated rings. The third-order valence-electron chi connectivity index (χ3n) is 2.47. The van der Waals surface area contributed by atoms with Crippen LogP contribution < -0.4 is 4.72 Å². The van der Waals surface area contributed by atoms with Crippen LogP contribution in [0.15, 0.2) is 47.4 Å². The van der Waals surface area contributed by atoms with Crippen molar-refractivity contribution in [1.82, 2.24) is 0 Å². The summed E-state index contributed by atoms with van der Waals surface area (Å²) in [5.41, 5.74) is 0.0970. The maximum absolute atomic E-state index is 13.5. The predicted molar refractivity (Wildman–Crippen MR) is 73.4 cm³/mol. The topological polar surface area (TPSA) is 70.0 Å². The van der Waals surface area contributed by atoms with E-state index in [4.69, 9.17) is 16.9 Å². The minimum atomic E-state index is -3.94. The molecular weight excluding hydrogens is 303 g/mol. The van der Waals surface area contributed by atoms with Gasteiger partial charge < -0.3 is 0 Å². The quantitative estimate of drug-likeness (QED) is 0.946. The van der Waals surface area contributed by atoms with Crippen molar-refractivity contribution in [2.45, 2.75) is 4.90 Å². The van der Waals surface area contributed by atoms with Gasteiger partial charge >= 0.3 is 0 Å². The van der Waals surface area contributed by atoms with Crippen molar-refractivity contribution >= 4 is 27.3 Å². The van der Waals surface area contributed by atoms with E-state index in [0.717, 1.165) is 6.07 Å². The van der Waals surface area contributed by atoms with E-state index in [9.17, 15) is 12.8 Å². The van der Waals surface area contributed by atoms with Gasteiger partial charge in [0.05, 0.1) is 22.2 Å². The first kappa shape index (κ1) is 14.3. The summed E-state index contributed by atoms with van der Waals surface area (Å²) in [5, 5.41) is 8.87. The Bertz CT molecular complexity index is 783. The summed E-state index contributed by atoms with van der Waals surface area (Å²) in [5.74, 6) is -0.730. The molecule has 0 aliphatic carbocycles. The van der Waals surface area contributed by atoms with Gasteiger partial charge in [0, 0.05) is 5.02 Å². The van der Waals surface area contributed by atoms with E-state index in [1.807, 2.05) is 6.07 Å². The van der Waals surface area contributed by atoms with E-state index in [2.05, 4.69) is 4.72 Å². The van der Waals surface area contributed by atoms with E-state index in [0.29, 0.717) is 5.56 Å². The highest BCUT2D eigenvalue weighted by Crippen LogP contribution is 2.23. The third-order valence-corrected chi connectivity index (χ3v) is 4.08. The molecule has 2 aromatic carbocycles. The van der Waals surface area contributed by atoms with Crippen molar-refractivity contribution in [3.05, 3.63) is 58.9 Å². The molecule has 0 saturated carbocycles. The Morgan fingerprint density at radius 2 is 1.80 bits per heavy atom. The molecule has 102 valence electrons. The lowest BCUT2D eigenvalue weighted by molar-refractivity contribution is 0.598. The molecule has 0 unspecified atom stereocenters. The summed E-state index contributed by atoms with van der Waals surface area (Å²) in [7, 11) is -3.94. The minimum absolute atomic E-state index is 0.0733. The Morgan fingerprint density at radius 3 is 2.40 bits per heavy atom. The molecule has 0 saturated heterocycles. The number of sulfonamides is 1. The summed E-state index contributed by atoms with van der Waals surface area (Å²) < 4.78 is 39.7. The van der Waals surface area contributed by atoms with Crippen LogP contribution in [-0.2, 0) is 10.0 Å². The Kier molecular flexibility index (Phi) is 3.93. The number of hydrogen-bond donors (Lipinski definition) is 1. The molecular formula is C13H8ClFN2O2S. The lowest BCUT2D eigenvalue weighted by Gasteiger charge is -2.09. The summed E-state index contributed by atoms with van der Waals surface area (Å²) in [6, 6.07) is 10.7. The van der Waals surface area contributed by atoms with Gasteiger partial charge in [-0.3, -0.25) is 4.72 Å². The first-order valence-electron chi connectivity index (χ1n) is 5.40. The van der Waals surface area contributed by atoms with E-state index < -0.39 is 15.8 Å². The van der Waals surface area contributed by atoms with E-state index in [1.165, 1.54) is 36.4 Å². The van der Waals surface area contributed by atoms with Gasteiger partial charge in [0.2, 0.25) is 0 Å². The van der Waals surface area contributed by atoms with Crippen molar-refractivity contribution in [1.29, 1.82) is 5.26 Å². The number of rotatable bonds is 3. The third kappa shape index (κ3) is 3.07. The van der Waals surface area contributed by atoms with Crippen molar-refractivity contribution in [3.63, 3.8) is 0 Å². The molecule has 2 rings (SSSR count). The molecule has 0 aromatic heterocycles. The highest BCUT2D eigenvalue weighted by molar-refractivity contribution is 7.92. The van der Waals surface area contributed by atoms with Crippen LogP contribution in [0.5, 0.6) is 0 Å². The van der Waals surface area contributed by atoms with E-state index >= 15 is 0 Å². The summed E-state index contributed by atoms with van der Waals surface area (Å²) in [6.07, 6.45) is 0. The molecule has 0 aliphatic heterocycles. The number of benzene rings is 2. The number of nitriles is 1. The molecule has 0 radical (unpaired) electrons. The van der Waals surface area contributed by atoms with Gasteiger partial charge in [0.25, 0.3) is 10.0 Å². The van der Waals surface area contributed by atoms with Crippen LogP contribution in [0.25, 0.3) is 0 Å². The second-order valence-corrected chi connectivity index (χ2v) is 5.98. The smallest absolute Gasteiger partial charge is 0.261 e. The summed E-state index contributed by atoms with van der Waals surface area (Å²) in [4.78, 5) is -0.0733.